The van der Waals surface area contributed by atoms with Crippen LogP contribution in [0, 0.1) is 5.82 Å². The number of nitrogens with zero attached hydrogens (tertiary/aromatic N) is 1. The van der Waals surface area contributed by atoms with Gasteiger partial charge in [0.1, 0.15) is 15.8 Å². The Kier molecular flexibility index (Phi) is 5.06. The number of benzene rings is 2. The number of sulfonamides is 1. The Bertz CT molecular complexity index is 939. The summed E-state index contributed by atoms with van der Waals surface area (Å²) < 4.78 is 46.3. The molecular formula is C18H16FNO3S2. The minimum Gasteiger partial charge on any atom is -0.495 e. The average Bonchev–Trinajstić information content (AvgIpc) is 3.16. The zero-order valence-corrected chi connectivity index (χ0v) is 15.1. The molecule has 130 valence electrons. The van der Waals surface area contributed by atoms with Gasteiger partial charge in [0, 0.05) is 0 Å². The highest BCUT2D eigenvalue weighted by atomic mass is 32.2. The normalized spacial score (nSPS) is 11.3. The van der Waals surface area contributed by atoms with Gasteiger partial charge < -0.3 is 4.74 Å². The van der Waals surface area contributed by atoms with Gasteiger partial charge in [-0.05, 0) is 41.3 Å². The van der Waals surface area contributed by atoms with Gasteiger partial charge in [-0.15, -0.1) is 11.3 Å². The summed E-state index contributed by atoms with van der Waals surface area (Å²) in [6.07, 6.45) is 0. The molecule has 3 rings (SSSR count). The second-order valence-corrected chi connectivity index (χ2v) is 8.28. The van der Waals surface area contributed by atoms with Crippen LogP contribution in [0.5, 0.6) is 5.75 Å². The molecule has 0 aliphatic carbocycles. The number of rotatable bonds is 6. The zero-order chi connectivity index (χ0) is 17.9. The van der Waals surface area contributed by atoms with Crippen molar-refractivity contribution < 1.29 is 17.5 Å². The maximum Gasteiger partial charge on any atom is 0.274 e. The van der Waals surface area contributed by atoms with Crippen molar-refractivity contribution in [1.29, 1.82) is 0 Å². The van der Waals surface area contributed by atoms with Crippen molar-refractivity contribution in [2.75, 3.05) is 11.4 Å². The molecule has 0 N–H and O–H groups in total. The van der Waals surface area contributed by atoms with Crippen LogP contribution >= 0.6 is 11.3 Å². The third-order valence-electron chi connectivity index (χ3n) is 3.63. The molecule has 0 unspecified atom stereocenters. The van der Waals surface area contributed by atoms with Crippen molar-refractivity contribution in [1.82, 2.24) is 0 Å². The summed E-state index contributed by atoms with van der Waals surface area (Å²) in [4.78, 5) is 0. The lowest BCUT2D eigenvalue weighted by Gasteiger charge is -2.25. The van der Waals surface area contributed by atoms with E-state index in [0.717, 1.165) is 11.3 Å². The van der Waals surface area contributed by atoms with Gasteiger partial charge in [-0.1, -0.05) is 30.3 Å². The number of hydrogen-bond acceptors (Lipinski definition) is 4. The van der Waals surface area contributed by atoms with Crippen molar-refractivity contribution in [2.24, 2.45) is 0 Å². The first-order chi connectivity index (χ1) is 12.0. The molecule has 0 spiro atoms. The number of hydrogen-bond donors (Lipinski definition) is 0. The molecule has 4 nitrogen and oxygen atoms in total. The fourth-order valence-electron chi connectivity index (χ4n) is 2.41. The van der Waals surface area contributed by atoms with E-state index in [2.05, 4.69) is 0 Å². The zero-order valence-electron chi connectivity index (χ0n) is 13.4. The minimum absolute atomic E-state index is 0.0703. The number of methoxy groups -OCH3 is 1. The highest BCUT2D eigenvalue weighted by molar-refractivity contribution is 7.94. The molecule has 0 bridgehead atoms. The molecule has 2 aromatic carbocycles. The first-order valence-electron chi connectivity index (χ1n) is 7.46. The van der Waals surface area contributed by atoms with E-state index in [4.69, 9.17) is 4.74 Å². The van der Waals surface area contributed by atoms with E-state index in [0.29, 0.717) is 17.0 Å². The predicted octanol–water partition coefficient (Wildman–Crippen LogP) is 4.29. The van der Waals surface area contributed by atoms with Gasteiger partial charge in [-0.25, -0.2) is 12.8 Å². The Balaban J connectivity index is 2.09. The van der Waals surface area contributed by atoms with Gasteiger partial charge in [-0.3, -0.25) is 4.31 Å². The van der Waals surface area contributed by atoms with Gasteiger partial charge in [-0.2, -0.15) is 0 Å². The van der Waals surface area contributed by atoms with Crippen LogP contribution < -0.4 is 9.04 Å². The van der Waals surface area contributed by atoms with E-state index in [9.17, 15) is 12.8 Å². The minimum atomic E-state index is -3.77. The molecule has 0 atom stereocenters. The fourth-order valence-corrected chi connectivity index (χ4v) is 4.98. The van der Waals surface area contributed by atoms with Crippen molar-refractivity contribution in [3.63, 3.8) is 0 Å². The Hall–Kier alpha value is -2.38. The van der Waals surface area contributed by atoms with Crippen molar-refractivity contribution in [3.05, 3.63) is 77.4 Å². The molecule has 1 heterocycles. The topological polar surface area (TPSA) is 46.6 Å². The molecule has 0 saturated heterocycles. The number of ether oxygens (including phenoxy) is 1. The average molecular weight is 377 g/mol. The van der Waals surface area contributed by atoms with Crippen LogP contribution in [-0.4, -0.2) is 15.5 Å². The summed E-state index contributed by atoms with van der Waals surface area (Å²) in [6, 6.07) is 15.9. The fraction of sp³-hybridized carbons (Fsp3) is 0.111. The van der Waals surface area contributed by atoms with E-state index in [1.54, 1.807) is 53.9 Å². The van der Waals surface area contributed by atoms with Crippen molar-refractivity contribution >= 4 is 27.0 Å². The lowest BCUT2D eigenvalue weighted by molar-refractivity contribution is 0.415. The third-order valence-corrected chi connectivity index (χ3v) is 6.77. The Labute approximate surface area is 150 Å². The first-order valence-corrected chi connectivity index (χ1v) is 9.78. The van der Waals surface area contributed by atoms with Crippen LogP contribution in [0.2, 0.25) is 0 Å². The summed E-state index contributed by atoms with van der Waals surface area (Å²) in [6.45, 7) is 0.0703. The van der Waals surface area contributed by atoms with Crippen molar-refractivity contribution in [2.45, 2.75) is 10.8 Å². The van der Waals surface area contributed by atoms with E-state index < -0.39 is 10.0 Å². The molecular weight excluding hydrogens is 361 g/mol. The molecule has 0 saturated carbocycles. The van der Waals surface area contributed by atoms with E-state index in [1.807, 2.05) is 0 Å². The molecule has 1 aromatic heterocycles. The highest BCUT2D eigenvalue weighted by Gasteiger charge is 2.28. The highest BCUT2D eigenvalue weighted by Crippen LogP contribution is 2.34. The first kappa shape index (κ1) is 17.4. The number of thiophene rings is 1. The monoisotopic (exact) mass is 377 g/mol. The molecule has 0 fully saturated rings. The largest absolute Gasteiger partial charge is 0.495 e. The molecule has 3 aromatic rings. The second kappa shape index (κ2) is 7.25. The van der Waals surface area contributed by atoms with Crippen LogP contribution in [0.4, 0.5) is 10.1 Å². The second-order valence-electron chi connectivity index (χ2n) is 5.24. The molecule has 25 heavy (non-hydrogen) atoms. The summed E-state index contributed by atoms with van der Waals surface area (Å²) >= 11 is 1.15. The van der Waals surface area contributed by atoms with E-state index in [1.165, 1.54) is 23.5 Å². The molecule has 7 heteroatoms. The lowest BCUT2D eigenvalue weighted by Crippen LogP contribution is -2.30. The SMILES string of the molecule is COc1ccccc1N(Cc1ccc(F)cc1)S(=O)(=O)c1cccs1. The summed E-state index contributed by atoms with van der Waals surface area (Å²) in [5.41, 5.74) is 1.11. The van der Waals surface area contributed by atoms with Crippen LogP contribution in [0.3, 0.4) is 0 Å². The summed E-state index contributed by atoms with van der Waals surface area (Å²) in [7, 11) is -2.28. The number of anilines is 1. The standard InChI is InChI=1S/C18H16FNO3S2/c1-23-17-6-3-2-5-16(17)20(13-14-8-10-15(19)11-9-14)25(21,22)18-7-4-12-24-18/h2-12H,13H2,1H3. The van der Waals surface area contributed by atoms with Crippen LogP contribution in [0.25, 0.3) is 0 Å². The van der Waals surface area contributed by atoms with Gasteiger partial charge in [0.2, 0.25) is 0 Å². The summed E-state index contributed by atoms with van der Waals surface area (Å²) in [5.74, 6) is 0.0819. The van der Waals surface area contributed by atoms with E-state index >= 15 is 0 Å². The Morgan fingerprint density at radius 2 is 1.76 bits per heavy atom. The Morgan fingerprint density at radius 3 is 2.40 bits per heavy atom. The number of para-hydroxylation sites is 2. The maximum atomic E-state index is 13.2. The molecule has 0 amide bonds. The Morgan fingerprint density at radius 1 is 1.04 bits per heavy atom. The van der Waals surface area contributed by atoms with Gasteiger partial charge in [0.15, 0.2) is 0 Å². The van der Waals surface area contributed by atoms with Gasteiger partial charge in [0.25, 0.3) is 10.0 Å². The van der Waals surface area contributed by atoms with Crippen LogP contribution in [0.15, 0.2) is 70.3 Å². The summed E-state index contributed by atoms with van der Waals surface area (Å²) in [5, 5.41) is 1.71. The van der Waals surface area contributed by atoms with E-state index in [-0.39, 0.29) is 16.6 Å². The van der Waals surface area contributed by atoms with Gasteiger partial charge in [0.05, 0.1) is 19.3 Å². The maximum absolute atomic E-state index is 13.2. The smallest absolute Gasteiger partial charge is 0.274 e. The molecule has 0 radical (unpaired) electrons. The number of halogens is 1. The molecule has 0 aliphatic rings. The van der Waals surface area contributed by atoms with Crippen LogP contribution in [0.1, 0.15) is 5.56 Å². The molecule has 0 aliphatic heterocycles. The van der Waals surface area contributed by atoms with Crippen LogP contribution in [-0.2, 0) is 16.6 Å². The lowest BCUT2D eigenvalue weighted by atomic mass is 10.2. The predicted molar refractivity (Wildman–Crippen MR) is 97.1 cm³/mol. The quantitative estimate of drug-likeness (QED) is 0.644. The third kappa shape index (κ3) is 3.67. The van der Waals surface area contributed by atoms with Gasteiger partial charge >= 0.3 is 0 Å². The van der Waals surface area contributed by atoms with Crippen molar-refractivity contribution in [3.8, 4) is 5.75 Å².